The Kier molecular flexibility index (Phi) is 3.21. The molecule has 1 saturated carbocycles. The van der Waals surface area contributed by atoms with E-state index in [0.29, 0.717) is 11.8 Å². The Hall–Kier alpha value is -1.09. The van der Waals surface area contributed by atoms with Crippen molar-refractivity contribution in [2.45, 2.75) is 31.7 Å². The molecule has 15 heavy (non-hydrogen) atoms. The minimum Gasteiger partial charge on any atom is -0.367 e. The first-order valence-electron chi connectivity index (χ1n) is 5.65. The van der Waals surface area contributed by atoms with Crippen LogP contribution in [0.2, 0.25) is 0 Å². The molecule has 1 aliphatic rings. The molecule has 3 nitrogen and oxygen atoms in total. The highest BCUT2D eigenvalue weighted by atomic mass is 16.1. The number of ketones is 1. The summed E-state index contributed by atoms with van der Waals surface area (Å²) < 4.78 is 0. The number of carbonyl (C=O) groups is 1. The molecule has 1 heterocycles. The van der Waals surface area contributed by atoms with Crippen molar-refractivity contribution in [3.8, 4) is 0 Å². The zero-order valence-corrected chi connectivity index (χ0v) is 9.12. The van der Waals surface area contributed by atoms with Crippen molar-refractivity contribution < 1.29 is 4.79 Å². The Labute approximate surface area is 90.3 Å². The molecule has 1 fully saturated rings. The molecule has 1 aromatic heterocycles. The number of Topliss-reactive ketones (excluding diaryl/α,β-unsaturated/α-hetero) is 1. The van der Waals surface area contributed by atoms with E-state index in [1.165, 1.54) is 0 Å². The second-order valence-electron chi connectivity index (χ2n) is 4.30. The fourth-order valence-corrected chi connectivity index (χ4v) is 2.36. The van der Waals surface area contributed by atoms with Crippen LogP contribution in [0.15, 0.2) is 18.5 Å². The molecule has 0 radical (unpaired) electrons. The van der Waals surface area contributed by atoms with Crippen molar-refractivity contribution in [3.63, 3.8) is 0 Å². The number of rotatable bonds is 3. The predicted octanol–water partition coefficient (Wildman–Crippen LogP) is 1.98. The standard InChI is InChI=1S/C12H18N2O/c1-13-11-4-2-9(3-5-11)12(15)10-6-7-14-8-10/h6-9,11,13-14H,2-5H2,1H3. The van der Waals surface area contributed by atoms with Gasteiger partial charge < -0.3 is 10.3 Å². The molecule has 0 unspecified atom stereocenters. The lowest BCUT2D eigenvalue weighted by Gasteiger charge is -2.27. The van der Waals surface area contributed by atoms with Gasteiger partial charge in [-0.1, -0.05) is 0 Å². The van der Waals surface area contributed by atoms with Crippen molar-refractivity contribution >= 4 is 5.78 Å². The maximum absolute atomic E-state index is 12.0. The van der Waals surface area contributed by atoms with Crippen LogP contribution in [-0.4, -0.2) is 23.9 Å². The van der Waals surface area contributed by atoms with Crippen molar-refractivity contribution in [1.82, 2.24) is 10.3 Å². The summed E-state index contributed by atoms with van der Waals surface area (Å²) in [6.07, 6.45) is 7.90. The maximum atomic E-state index is 12.0. The molecule has 0 saturated heterocycles. The molecule has 1 aromatic rings. The van der Waals surface area contributed by atoms with E-state index in [-0.39, 0.29) is 5.92 Å². The highest BCUT2D eigenvalue weighted by Crippen LogP contribution is 2.27. The maximum Gasteiger partial charge on any atom is 0.167 e. The molecule has 0 aromatic carbocycles. The van der Waals surface area contributed by atoms with Crippen molar-refractivity contribution in [1.29, 1.82) is 0 Å². The van der Waals surface area contributed by atoms with Crippen LogP contribution in [-0.2, 0) is 0 Å². The minimum absolute atomic E-state index is 0.241. The molecule has 0 atom stereocenters. The van der Waals surface area contributed by atoms with Crippen LogP contribution in [0, 0.1) is 5.92 Å². The van der Waals surface area contributed by atoms with Crippen molar-refractivity contribution in [2.24, 2.45) is 5.92 Å². The van der Waals surface area contributed by atoms with E-state index in [1.54, 1.807) is 6.20 Å². The molecular formula is C12H18N2O. The summed E-state index contributed by atoms with van der Waals surface area (Å²) in [5.74, 6) is 0.552. The normalized spacial score (nSPS) is 26.5. The lowest BCUT2D eigenvalue weighted by Crippen LogP contribution is -2.32. The zero-order valence-electron chi connectivity index (χ0n) is 9.12. The topological polar surface area (TPSA) is 44.9 Å². The quantitative estimate of drug-likeness (QED) is 0.743. The average molecular weight is 206 g/mol. The van der Waals surface area contributed by atoms with E-state index in [0.717, 1.165) is 31.2 Å². The van der Waals surface area contributed by atoms with Crippen LogP contribution in [0.3, 0.4) is 0 Å². The van der Waals surface area contributed by atoms with Gasteiger partial charge in [0.05, 0.1) is 0 Å². The van der Waals surface area contributed by atoms with Crippen LogP contribution in [0.5, 0.6) is 0 Å². The fraction of sp³-hybridized carbons (Fsp3) is 0.583. The zero-order chi connectivity index (χ0) is 10.7. The first kappa shape index (κ1) is 10.4. The van der Waals surface area contributed by atoms with E-state index in [9.17, 15) is 4.79 Å². The summed E-state index contributed by atoms with van der Waals surface area (Å²) in [6.45, 7) is 0. The second-order valence-corrected chi connectivity index (χ2v) is 4.30. The third kappa shape index (κ3) is 2.29. The molecule has 1 aliphatic carbocycles. The van der Waals surface area contributed by atoms with E-state index in [2.05, 4.69) is 10.3 Å². The summed E-state index contributed by atoms with van der Waals surface area (Å²) >= 11 is 0. The predicted molar refractivity (Wildman–Crippen MR) is 59.9 cm³/mol. The van der Waals surface area contributed by atoms with Crippen LogP contribution < -0.4 is 5.32 Å². The van der Waals surface area contributed by atoms with E-state index in [4.69, 9.17) is 0 Å². The number of nitrogens with one attached hydrogen (secondary N) is 2. The molecule has 0 aliphatic heterocycles. The molecule has 3 heteroatoms. The minimum atomic E-state index is 0.241. The van der Waals surface area contributed by atoms with Gasteiger partial charge in [-0.05, 0) is 38.8 Å². The summed E-state index contributed by atoms with van der Waals surface area (Å²) in [6, 6.07) is 2.48. The van der Waals surface area contributed by atoms with Crippen LogP contribution in [0.1, 0.15) is 36.0 Å². The smallest absolute Gasteiger partial charge is 0.167 e. The van der Waals surface area contributed by atoms with Gasteiger partial charge in [0.25, 0.3) is 0 Å². The number of hydrogen-bond acceptors (Lipinski definition) is 2. The number of H-pyrrole nitrogens is 1. The third-order valence-electron chi connectivity index (χ3n) is 3.39. The Balaban J connectivity index is 1.93. The van der Waals surface area contributed by atoms with Crippen LogP contribution in [0.25, 0.3) is 0 Å². The van der Waals surface area contributed by atoms with Gasteiger partial charge in [-0.3, -0.25) is 4.79 Å². The second kappa shape index (κ2) is 4.62. The van der Waals surface area contributed by atoms with Gasteiger partial charge in [0.15, 0.2) is 5.78 Å². The van der Waals surface area contributed by atoms with Crippen LogP contribution in [0.4, 0.5) is 0 Å². The van der Waals surface area contributed by atoms with Gasteiger partial charge in [0.2, 0.25) is 0 Å². The van der Waals surface area contributed by atoms with Gasteiger partial charge in [-0.2, -0.15) is 0 Å². The van der Waals surface area contributed by atoms with E-state index >= 15 is 0 Å². The number of hydrogen-bond donors (Lipinski definition) is 2. The van der Waals surface area contributed by atoms with Gasteiger partial charge in [-0.25, -0.2) is 0 Å². The molecule has 0 spiro atoms. The molecule has 0 bridgehead atoms. The highest BCUT2D eigenvalue weighted by molar-refractivity contribution is 5.97. The van der Waals surface area contributed by atoms with E-state index in [1.807, 2.05) is 19.3 Å². The number of aromatic nitrogens is 1. The van der Waals surface area contributed by atoms with Crippen molar-refractivity contribution in [3.05, 3.63) is 24.0 Å². The third-order valence-corrected chi connectivity index (χ3v) is 3.39. The van der Waals surface area contributed by atoms with Gasteiger partial charge >= 0.3 is 0 Å². The molecule has 0 amide bonds. The Bertz CT molecular complexity index is 310. The lowest BCUT2D eigenvalue weighted by atomic mass is 9.82. The van der Waals surface area contributed by atoms with Gasteiger partial charge in [0, 0.05) is 29.9 Å². The molecule has 82 valence electrons. The average Bonchev–Trinajstić information content (AvgIpc) is 2.82. The number of aromatic amines is 1. The van der Waals surface area contributed by atoms with Gasteiger partial charge in [-0.15, -0.1) is 0 Å². The summed E-state index contributed by atoms with van der Waals surface area (Å²) in [7, 11) is 2.00. The largest absolute Gasteiger partial charge is 0.367 e. The molecule has 2 rings (SSSR count). The van der Waals surface area contributed by atoms with Crippen molar-refractivity contribution in [2.75, 3.05) is 7.05 Å². The highest BCUT2D eigenvalue weighted by Gasteiger charge is 2.26. The SMILES string of the molecule is CNC1CCC(C(=O)c2cc[nH]c2)CC1. The number of carbonyl (C=O) groups excluding carboxylic acids is 1. The van der Waals surface area contributed by atoms with Gasteiger partial charge in [0.1, 0.15) is 0 Å². The lowest BCUT2D eigenvalue weighted by molar-refractivity contribution is 0.0881. The monoisotopic (exact) mass is 206 g/mol. The van der Waals surface area contributed by atoms with E-state index < -0.39 is 0 Å². The Morgan fingerprint density at radius 3 is 2.67 bits per heavy atom. The first-order chi connectivity index (χ1) is 7.31. The Morgan fingerprint density at radius 1 is 1.40 bits per heavy atom. The molecule has 2 N–H and O–H groups in total. The van der Waals surface area contributed by atoms with Crippen LogP contribution >= 0.6 is 0 Å². The molecular weight excluding hydrogens is 188 g/mol. The summed E-state index contributed by atoms with van der Waals surface area (Å²) in [4.78, 5) is 15.0. The summed E-state index contributed by atoms with van der Waals surface area (Å²) in [5, 5.41) is 3.28. The summed E-state index contributed by atoms with van der Waals surface area (Å²) in [5.41, 5.74) is 0.836. The first-order valence-corrected chi connectivity index (χ1v) is 5.65. The fourth-order valence-electron chi connectivity index (χ4n) is 2.36. The Morgan fingerprint density at radius 2 is 2.13 bits per heavy atom.